The number of H-pyrrole nitrogens is 1. The van der Waals surface area contributed by atoms with Crippen LogP contribution >= 0.6 is 0 Å². The van der Waals surface area contributed by atoms with E-state index >= 15 is 0 Å². The van der Waals surface area contributed by atoms with E-state index < -0.39 is 0 Å². The van der Waals surface area contributed by atoms with Crippen LogP contribution in [0.5, 0.6) is 0 Å². The molecule has 8 nitrogen and oxygen atoms in total. The number of nitrogens with one attached hydrogen (secondary N) is 1. The molecule has 3 aromatic rings. The van der Waals surface area contributed by atoms with Crippen LogP contribution < -0.4 is 5.56 Å². The van der Waals surface area contributed by atoms with Crippen LogP contribution in [-0.2, 0) is 0 Å². The van der Waals surface area contributed by atoms with Crippen molar-refractivity contribution in [3.8, 4) is 0 Å². The lowest BCUT2D eigenvalue weighted by atomic mass is 10.2. The summed E-state index contributed by atoms with van der Waals surface area (Å²) in [6.07, 6.45) is 3.01. The molecule has 0 aliphatic carbocycles. The molecule has 128 valence electrons. The number of hydrogen-bond donors (Lipinski definition) is 1. The number of aromatic amines is 1. The minimum Gasteiger partial charge on any atom is -0.328 e. The third-order valence-corrected chi connectivity index (χ3v) is 4.58. The first-order valence-corrected chi connectivity index (χ1v) is 8.23. The number of aromatic nitrogens is 5. The van der Waals surface area contributed by atoms with Crippen LogP contribution in [0.25, 0.3) is 5.65 Å². The van der Waals surface area contributed by atoms with Crippen molar-refractivity contribution in [3.05, 3.63) is 57.7 Å². The second-order valence-corrected chi connectivity index (χ2v) is 6.27. The third kappa shape index (κ3) is 2.50. The summed E-state index contributed by atoms with van der Waals surface area (Å²) in [5.74, 6) is 0.978. The lowest BCUT2D eigenvalue weighted by Crippen LogP contribution is -2.36. The Bertz CT molecular complexity index is 1020. The predicted octanol–water partition coefficient (Wildman–Crippen LogP) is 1.41. The smallest absolute Gasteiger partial charge is 0.270 e. The van der Waals surface area contributed by atoms with Gasteiger partial charge in [-0.1, -0.05) is 6.07 Å². The second kappa shape index (κ2) is 5.80. The monoisotopic (exact) mass is 338 g/mol. The summed E-state index contributed by atoms with van der Waals surface area (Å²) in [7, 11) is 0. The Morgan fingerprint density at radius 2 is 2.16 bits per heavy atom. The minimum absolute atomic E-state index is 0.0750. The van der Waals surface area contributed by atoms with Crippen molar-refractivity contribution >= 4 is 11.6 Å². The average Bonchev–Trinajstić information content (AvgIpc) is 3.23. The van der Waals surface area contributed by atoms with Gasteiger partial charge in [0.25, 0.3) is 11.5 Å². The van der Waals surface area contributed by atoms with Crippen molar-refractivity contribution < 1.29 is 4.79 Å². The fourth-order valence-electron chi connectivity index (χ4n) is 3.36. The summed E-state index contributed by atoms with van der Waals surface area (Å²) < 4.78 is 1.47. The molecule has 0 radical (unpaired) electrons. The zero-order valence-corrected chi connectivity index (χ0v) is 14.1. The molecule has 1 saturated heterocycles. The van der Waals surface area contributed by atoms with E-state index in [1.54, 1.807) is 11.0 Å². The first-order chi connectivity index (χ1) is 12.1. The molecule has 1 aliphatic rings. The molecule has 1 fully saturated rings. The highest BCUT2D eigenvalue weighted by molar-refractivity contribution is 5.94. The average molecular weight is 338 g/mol. The number of nitrogens with zero attached hydrogens (tertiary/aromatic N) is 5. The van der Waals surface area contributed by atoms with E-state index in [4.69, 9.17) is 0 Å². The Balaban J connectivity index is 1.76. The van der Waals surface area contributed by atoms with Crippen LogP contribution in [0.2, 0.25) is 0 Å². The molecule has 0 unspecified atom stereocenters. The third-order valence-electron chi connectivity index (χ3n) is 4.58. The SMILES string of the molecule is Cc1nc([C@H]2CCCN2C(=O)c2cnc3cccc(C)n3c2=O)n[nH]1. The lowest BCUT2D eigenvalue weighted by molar-refractivity contribution is 0.0727. The van der Waals surface area contributed by atoms with Crippen LogP contribution in [-0.4, -0.2) is 41.9 Å². The first kappa shape index (κ1) is 15.5. The fraction of sp³-hybridized carbons (Fsp3) is 0.353. The summed E-state index contributed by atoms with van der Waals surface area (Å²) in [5, 5.41) is 6.99. The Morgan fingerprint density at radius 1 is 1.32 bits per heavy atom. The first-order valence-electron chi connectivity index (χ1n) is 8.23. The number of fused-ring (bicyclic) bond motifs is 1. The summed E-state index contributed by atoms with van der Waals surface area (Å²) >= 11 is 0. The molecule has 25 heavy (non-hydrogen) atoms. The van der Waals surface area contributed by atoms with Gasteiger partial charge in [-0.15, -0.1) is 0 Å². The van der Waals surface area contributed by atoms with Gasteiger partial charge in [-0.3, -0.25) is 19.1 Å². The number of likely N-dealkylation sites (tertiary alicyclic amines) is 1. The molecule has 1 amide bonds. The Labute approximate surface area is 143 Å². The van der Waals surface area contributed by atoms with E-state index in [1.807, 2.05) is 26.0 Å². The van der Waals surface area contributed by atoms with Crippen molar-refractivity contribution in [2.45, 2.75) is 32.7 Å². The normalized spacial score (nSPS) is 17.4. The molecular formula is C17H18N6O2. The highest BCUT2D eigenvalue weighted by atomic mass is 16.2. The minimum atomic E-state index is -0.343. The number of aryl methyl sites for hydroxylation is 2. The molecule has 1 N–H and O–H groups in total. The summed E-state index contributed by atoms with van der Waals surface area (Å²) in [6.45, 7) is 4.21. The van der Waals surface area contributed by atoms with Crippen molar-refractivity contribution in [2.75, 3.05) is 6.54 Å². The van der Waals surface area contributed by atoms with Gasteiger partial charge in [-0.2, -0.15) is 5.10 Å². The quantitative estimate of drug-likeness (QED) is 0.762. The molecule has 0 spiro atoms. The zero-order chi connectivity index (χ0) is 17.6. The second-order valence-electron chi connectivity index (χ2n) is 6.27. The number of carbonyl (C=O) groups excluding carboxylic acids is 1. The molecule has 1 aliphatic heterocycles. The summed E-state index contributed by atoms with van der Waals surface area (Å²) in [4.78, 5) is 36.1. The van der Waals surface area contributed by atoms with Gasteiger partial charge in [0.15, 0.2) is 5.82 Å². The van der Waals surface area contributed by atoms with E-state index in [9.17, 15) is 9.59 Å². The van der Waals surface area contributed by atoms with Crippen LogP contribution in [0.1, 0.15) is 46.6 Å². The van der Waals surface area contributed by atoms with Gasteiger partial charge < -0.3 is 4.90 Å². The molecule has 0 bridgehead atoms. The van der Waals surface area contributed by atoms with Gasteiger partial charge in [0.1, 0.15) is 17.0 Å². The molecule has 1 atom stereocenters. The topological polar surface area (TPSA) is 96.2 Å². The van der Waals surface area contributed by atoms with Crippen LogP contribution in [0.15, 0.2) is 29.2 Å². The largest absolute Gasteiger partial charge is 0.328 e. The van der Waals surface area contributed by atoms with E-state index in [1.165, 1.54) is 10.6 Å². The summed E-state index contributed by atoms with van der Waals surface area (Å²) in [6, 6.07) is 5.19. The number of carbonyl (C=O) groups is 1. The molecule has 4 heterocycles. The highest BCUT2D eigenvalue weighted by Crippen LogP contribution is 2.30. The maximum atomic E-state index is 13.0. The Hall–Kier alpha value is -3.03. The van der Waals surface area contributed by atoms with Crippen LogP contribution in [0, 0.1) is 13.8 Å². The number of pyridine rings is 1. The Morgan fingerprint density at radius 3 is 2.92 bits per heavy atom. The van der Waals surface area contributed by atoms with Gasteiger partial charge in [0.05, 0.1) is 6.04 Å². The number of amides is 1. The van der Waals surface area contributed by atoms with Gasteiger partial charge in [0.2, 0.25) is 0 Å². The zero-order valence-electron chi connectivity index (χ0n) is 14.1. The summed E-state index contributed by atoms with van der Waals surface area (Å²) in [5.41, 5.74) is 1.01. The maximum Gasteiger partial charge on any atom is 0.270 e. The van der Waals surface area contributed by atoms with E-state index in [0.29, 0.717) is 23.8 Å². The molecule has 4 rings (SSSR count). The van der Waals surface area contributed by atoms with Crippen molar-refractivity contribution in [2.24, 2.45) is 0 Å². The molecular weight excluding hydrogens is 320 g/mol. The van der Waals surface area contributed by atoms with Gasteiger partial charge in [-0.25, -0.2) is 9.97 Å². The molecule has 0 saturated carbocycles. The number of hydrogen-bond acceptors (Lipinski definition) is 5. The van der Waals surface area contributed by atoms with Crippen molar-refractivity contribution in [3.63, 3.8) is 0 Å². The van der Waals surface area contributed by atoms with Crippen LogP contribution in [0.4, 0.5) is 0 Å². The lowest BCUT2D eigenvalue weighted by Gasteiger charge is -2.22. The van der Waals surface area contributed by atoms with E-state index in [2.05, 4.69) is 20.2 Å². The predicted molar refractivity (Wildman–Crippen MR) is 90.3 cm³/mol. The molecule has 0 aromatic carbocycles. The molecule has 8 heteroatoms. The van der Waals surface area contributed by atoms with Crippen molar-refractivity contribution in [1.82, 2.24) is 29.5 Å². The maximum absolute atomic E-state index is 13.0. The fourth-order valence-corrected chi connectivity index (χ4v) is 3.36. The number of rotatable bonds is 2. The van der Waals surface area contributed by atoms with Gasteiger partial charge in [-0.05, 0) is 38.8 Å². The van der Waals surface area contributed by atoms with Gasteiger partial charge >= 0.3 is 0 Å². The van der Waals surface area contributed by atoms with Crippen LogP contribution in [0.3, 0.4) is 0 Å². The van der Waals surface area contributed by atoms with E-state index in [-0.39, 0.29) is 23.1 Å². The van der Waals surface area contributed by atoms with Gasteiger partial charge in [0, 0.05) is 18.4 Å². The highest BCUT2D eigenvalue weighted by Gasteiger charge is 2.34. The van der Waals surface area contributed by atoms with Crippen molar-refractivity contribution in [1.29, 1.82) is 0 Å². The standard InChI is InChI=1S/C17H18N6O2/c1-10-5-3-7-14-18-9-12(17(25)23(10)14)16(24)22-8-4-6-13(22)15-19-11(2)20-21-15/h3,5,7,9,13H,4,6,8H2,1-2H3,(H,19,20,21)/t13-/m1/s1. The Kier molecular flexibility index (Phi) is 3.60. The van der Waals surface area contributed by atoms with E-state index in [0.717, 1.165) is 18.5 Å². The molecule has 3 aromatic heterocycles.